The Morgan fingerprint density at radius 1 is 1.50 bits per heavy atom. The fourth-order valence-corrected chi connectivity index (χ4v) is 2.99. The molecule has 1 N–H and O–H groups in total. The van der Waals surface area contributed by atoms with Crippen LogP contribution in [-0.2, 0) is 15.6 Å². The number of carbonyl (C=O) groups excluding carboxylic acids is 1. The number of rotatable bonds is 5. The van der Waals surface area contributed by atoms with Gasteiger partial charge in [-0.15, -0.1) is 0 Å². The summed E-state index contributed by atoms with van der Waals surface area (Å²) in [5.41, 5.74) is 0. The Balaban J connectivity index is 2.53. The van der Waals surface area contributed by atoms with E-state index in [2.05, 4.69) is 5.32 Å². The van der Waals surface area contributed by atoms with E-state index in [0.29, 0.717) is 11.8 Å². The maximum atomic E-state index is 12.0. The maximum Gasteiger partial charge on any atom is 0.240 e. The van der Waals surface area contributed by atoms with Gasteiger partial charge in [-0.25, -0.2) is 0 Å². The van der Waals surface area contributed by atoms with Crippen molar-refractivity contribution in [1.29, 1.82) is 0 Å². The van der Waals surface area contributed by atoms with E-state index in [1.54, 1.807) is 6.26 Å². The number of hydrogen-bond donors (Lipinski definition) is 1. The van der Waals surface area contributed by atoms with E-state index in [1.807, 2.05) is 25.7 Å². The third kappa shape index (κ3) is 3.56. The molecule has 0 spiro atoms. The van der Waals surface area contributed by atoms with Gasteiger partial charge >= 0.3 is 0 Å². The van der Waals surface area contributed by atoms with Crippen LogP contribution in [0.5, 0.6) is 0 Å². The second kappa shape index (κ2) is 5.77. The smallest absolute Gasteiger partial charge is 0.240 e. The zero-order valence-electron chi connectivity index (χ0n) is 10.5. The number of carbonyl (C=O) groups is 1. The van der Waals surface area contributed by atoms with E-state index in [-0.39, 0.29) is 18.0 Å². The molecule has 94 valence electrons. The maximum absolute atomic E-state index is 12.0. The summed E-state index contributed by atoms with van der Waals surface area (Å²) in [5.74, 6) is 0.729. The lowest BCUT2D eigenvalue weighted by Gasteiger charge is -2.24. The molecule has 4 nitrogen and oxygen atoms in total. The number of amides is 1. The van der Waals surface area contributed by atoms with Crippen molar-refractivity contribution in [2.24, 2.45) is 0 Å². The summed E-state index contributed by atoms with van der Waals surface area (Å²) in [7, 11) is -0.843. The minimum Gasteiger partial charge on any atom is -0.338 e. The molecule has 3 unspecified atom stereocenters. The van der Waals surface area contributed by atoms with Crippen LogP contribution in [0.1, 0.15) is 27.2 Å². The highest BCUT2D eigenvalue weighted by Gasteiger charge is 2.34. The van der Waals surface area contributed by atoms with Crippen molar-refractivity contribution in [3.05, 3.63) is 0 Å². The SMILES string of the molecule is CC(C)NC1CCN(C(C)CS(C)=O)C1=O. The molecule has 3 atom stereocenters. The number of hydrogen-bond acceptors (Lipinski definition) is 3. The van der Waals surface area contributed by atoms with Crippen molar-refractivity contribution >= 4 is 16.7 Å². The fourth-order valence-electron chi connectivity index (χ4n) is 2.13. The van der Waals surface area contributed by atoms with Gasteiger partial charge in [0.2, 0.25) is 5.91 Å². The van der Waals surface area contributed by atoms with Crippen LogP contribution in [0.4, 0.5) is 0 Å². The molecule has 0 aliphatic carbocycles. The Kier molecular flexibility index (Phi) is 4.92. The molecular formula is C11H22N2O2S. The average molecular weight is 246 g/mol. The Hall–Kier alpha value is -0.420. The van der Waals surface area contributed by atoms with E-state index >= 15 is 0 Å². The lowest BCUT2D eigenvalue weighted by molar-refractivity contribution is -0.130. The molecule has 0 aromatic rings. The van der Waals surface area contributed by atoms with Gasteiger partial charge in [-0.1, -0.05) is 13.8 Å². The third-order valence-corrected chi connectivity index (χ3v) is 3.73. The van der Waals surface area contributed by atoms with Gasteiger partial charge in [0.25, 0.3) is 0 Å². The molecule has 0 aromatic heterocycles. The zero-order valence-corrected chi connectivity index (χ0v) is 11.3. The average Bonchev–Trinajstić information content (AvgIpc) is 2.46. The Morgan fingerprint density at radius 3 is 2.62 bits per heavy atom. The summed E-state index contributed by atoms with van der Waals surface area (Å²) < 4.78 is 11.1. The van der Waals surface area contributed by atoms with Gasteiger partial charge in [-0.3, -0.25) is 9.00 Å². The predicted molar refractivity (Wildman–Crippen MR) is 66.8 cm³/mol. The second-order valence-electron chi connectivity index (χ2n) is 4.78. The topological polar surface area (TPSA) is 49.4 Å². The summed E-state index contributed by atoms with van der Waals surface area (Å²) in [6.45, 7) is 6.83. The molecule has 1 heterocycles. The first-order valence-corrected chi connectivity index (χ1v) is 7.51. The molecule has 1 fully saturated rings. The van der Waals surface area contributed by atoms with Crippen LogP contribution in [0.2, 0.25) is 0 Å². The summed E-state index contributed by atoms with van der Waals surface area (Å²) in [6, 6.07) is 0.356. The third-order valence-electron chi connectivity index (χ3n) is 2.78. The summed E-state index contributed by atoms with van der Waals surface area (Å²) >= 11 is 0. The Morgan fingerprint density at radius 2 is 2.12 bits per heavy atom. The monoisotopic (exact) mass is 246 g/mol. The van der Waals surface area contributed by atoms with Crippen molar-refractivity contribution in [2.45, 2.75) is 45.3 Å². The van der Waals surface area contributed by atoms with E-state index in [4.69, 9.17) is 0 Å². The molecule has 1 aliphatic rings. The van der Waals surface area contributed by atoms with Gasteiger partial charge in [0.05, 0.1) is 6.04 Å². The molecule has 0 saturated carbocycles. The van der Waals surface area contributed by atoms with Gasteiger partial charge in [0, 0.05) is 41.4 Å². The number of likely N-dealkylation sites (tertiary alicyclic amines) is 1. The van der Waals surface area contributed by atoms with E-state index in [0.717, 1.165) is 13.0 Å². The van der Waals surface area contributed by atoms with Crippen LogP contribution < -0.4 is 5.32 Å². The van der Waals surface area contributed by atoms with E-state index < -0.39 is 10.8 Å². The van der Waals surface area contributed by atoms with Crippen LogP contribution in [0, 0.1) is 0 Å². The second-order valence-corrected chi connectivity index (χ2v) is 6.26. The molecular weight excluding hydrogens is 224 g/mol. The highest BCUT2D eigenvalue weighted by Crippen LogP contribution is 2.15. The van der Waals surface area contributed by atoms with Crippen molar-refractivity contribution in [3.63, 3.8) is 0 Å². The quantitative estimate of drug-likeness (QED) is 0.761. The molecule has 1 saturated heterocycles. The molecule has 0 aromatic carbocycles. The van der Waals surface area contributed by atoms with Crippen LogP contribution in [0.15, 0.2) is 0 Å². The predicted octanol–water partition coefficient (Wildman–Crippen LogP) is 0.352. The van der Waals surface area contributed by atoms with Crippen molar-refractivity contribution in [2.75, 3.05) is 18.6 Å². The van der Waals surface area contributed by atoms with Gasteiger partial charge in [0.15, 0.2) is 0 Å². The van der Waals surface area contributed by atoms with Crippen molar-refractivity contribution in [1.82, 2.24) is 10.2 Å². The van der Waals surface area contributed by atoms with Crippen LogP contribution in [-0.4, -0.2) is 51.7 Å². The molecule has 16 heavy (non-hydrogen) atoms. The molecule has 1 aliphatic heterocycles. The van der Waals surface area contributed by atoms with E-state index in [9.17, 15) is 9.00 Å². The molecule has 0 radical (unpaired) electrons. The van der Waals surface area contributed by atoms with Crippen molar-refractivity contribution < 1.29 is 9.00 Å². The Bertz CT molecular complexity index is 281. The normalized spacial score (nSPS) is 25.2. The fraction of sp³-hybridized carbons (Fsp3) is 0.909. The highest BCUT2D eigenvalue weighted by molar-refractivity contribution is 7.84. The first-order valence-electron chi connectivity index (χ1n) is 5.78. The summed E-state index contributed by atoms with van der Waals surface area (Å²) in [5, 5.41) is 3.26. The minimum absolute atomic E-state index is 0.0484. The Labute approximate surface area is 100 Å². The summed E-state index contributed by atoms with van der Waals surface area (Å²) in [4.78, 5) is 13.9. The van der Waals surface area contributed by atoms with Crippen molar-refractivity contribution in [3.8, 4) is 0 Å². The minimum atomic E-state index is -0.843. The molecule has 0 bridgehead atoms. The molecule has 1 amide bonds. The van der Waals surface area contributed by atoms with Gasteiger partial charge < -0.3 is 10.2 Å². The van der Waals surface area contributed by atoms with Gasteiger partial charge in [-0.05, 0) is 13.3 Å². The van der Waals surface area contributed by atoms with Crippen LogP contribution in [0.3, 0.4) is 0 Å². The van der Waals surface area contributed by atoms with Gasteiger partial charge in [0.1, 0.15) is 0 Å². The lowest BCUT2D eigenvalue weighted by atomic mass is 10.2. The first kappa shape index (κ1) is 13.6. The van der Waals surface area contributed by atoms with Crippen LogP contribution >= 0.6 is 0 Å². The zero-order chi connectivity index (χ0) is 12.3. The van der Waals surface area contributed by atoms with E-state index in [1.165, 1.54) is 0 Å². The van der Waals surface area contributed by atoms with Crippen LogP contribution in [0.25, 0.3) is 0 Å². The largest absolute Gasteiger partial charge is 0.338 e. The lowest BCUT2D eigenvalue weighted by Crippen LogP contribution is -2.45. The summed E-state index contributed by atoms with van der Waals surface area (Å²) in [6.07, 6.45) is 2.54. The molecule has 1 rings (SSSR count). The number of nitrogens with one attached hydrogen (secondary N) is 1. The molecule has 5 heteroatoms. The number of nitrogens with zero attached hydrogens (tertiary/aromatic N) is 1. The highest BCUT2D eigenvalue weighted by atomic mass is 32.2. The first-order chi connectivity index (χ1) is 7.41. The standard InChI is InChI=1S/C11H22N2O2S/c1-8(2)12-10-5-6-13(11(10)14)9(3)7-16(4)15/h8-10,12H,5-7H2,1-4H3. The van der Waals surface area contributed by atoms with Gasteiger partial charge in [-0.2, -0.15) is 0 Å².